The molecule has 1 rings (SSSR count). The zero-order valence-electron chi connectivity index (χ0n) is 9.00. The molecule has 74 valence electrons. The predicted molar refractivity (Wildman–Crippen MR) is 53.6 cm³/mol. The van der Waals surface area contributed by atoms with Gasteiger partial charge in [0.1, 0.15) is 6.26 Å². The molecule has 0 aromatic carbocycles. The summed E-state index contributed by atoms with van der Waals surface area (Å²) in [4.78, 5) is 0. The van der Waals surface area contributed by atoms with E-state index < -0.39 is 0 Å². The third-order valence-electron chi connectivity index (χ3n) is 2.44. The molecule has 2 nitrogen and oxygen atoms in total. The molecular weight excluding hydrogens is 162 g/mol. The van der Waals surface area contributed by atoms with E-state index in [4.69, 9.17) is 4.52 Å². The van der Waals surface area contributed by atoms with E-state index in [2.05, 4.69) is 32.9 Å². The first-order chi connectivity index (χ1) is 6.05. The lowest BCUT2D eigenvalue weighted by Crippen LogP contribution is -2.18. The van der Waals surface area contributed by atoms with Crippen molar-refractivity contribution in [2.45, 2.75) is 46.5 Å². The van der Waals surface area contributed by atoms with Crippen molar-refractivity contribution >= 4 is 0 Å². The molecule has 1 aromatic heterocycles. The van der Waals surface area contributed by atoms with Crippen LogP contribution in [0.3, 0.4) is 0 Å². The molecule has 0 aliphatic carbocycles. The average Bonchev–Trinajstić information content (AvgIpc) is 2.49. The van der Waals surface area contributed by atoms with E-state index in [-0.39, 0.29) is 5.41 Å². The molecular formula is C11H19NO. The van der Waals surface area contributed by atoms with Crippen molar-refractivity contribution in [1.29, 1.82) is 0 Å². The Hall–Kier alpha value is -0.790. The van der Waals surface area contributed by atoms with Gasteiger partial charge in [0.2, 0.25) is 0 Å². The van der Waals surface area contributed by atoms with Gasteiger partial charge in [0.15, 0.2) is 0 Å². The highest BCUT2D eigenvalue weighted by molar-refractivity contribution is 5.07. The van der Waals surface area contributed by atoms with Gasteiger partial charge in [-0.25, -0.2) is 0 Å². The second kappa shape index (κ2) is 3.95. The highest BCUT2D eigenvalue weighted by Gasteiger charge is 2.27. The fraction of sp³-hybridized carbons (Fsp3) is 0.727. The van der Waals surface area contributed by atoms with Gasteiger partial charge in [0.25, 0.3) is 0 Å². The molecule has 0 spiro atoms. The number of rotatable bonds is 3. The van der Waals surface area contributed by atoms with E-state index in [0.717, 1.165) is 5.69 Å². The Morgan fingerprint density at radius 1 is 1.46 bits per heavy atom. The lowest BCUT2D eigenvalue weighted by atomic mass is 9.76. The van der Waals surface area contributed by atoms with E-state index in [9.17, 15) is 0 Å². The van der Waals surface area contributed by atoms with Crippen LogP contribution in [-0.2, 0) is 0 Å². The van der Waals surface area contributed by atoms with Crippen molar-refractivity contribution < 1.29 is 4.52 Å². The number of nitrogens with zero attached hydrogens (tertiary/aromatic N) is 1. The van der Waals surface area contributed by atoms with Crippen LogP contribution in [0.1, 0.15) is 52.1 Å². The molecule has 1 heterocycles. The first-order valence-corrected chi connectivity index (χ1v) is 4.96. The van der Waals surface area contributed by atoms with Crippen molar-refractivity contribution in [1.82, 2.24) is 5.16 Å². The molecule has 0 bridgehead atoms. The SMILES string of the molecule is CCCC(c1ccon1)C(C)(C)C. The summed E-state index contributed by atoms with van der Waals surface area (Å²) in [5.41, 5.74) is 1.36. The van der Waals surface area contributed by atoms with E-state index in [0.29, 0.717) is 5.92 Å². The zero-order chi connectivity index (χ0) is 9.90. The van der Waals surface area contributed by atoms with Gasteiger partial charge in [0, 0.05) is 12.0 Å². The summed E-state index contributed by atoms with van der Waals surface area (Å²) in [6.45, 7) is 8.96. The summed E-state index contributed by atoms with van der Waals surface area (Å²) in [6, 6.07) is 1.98. The van der Waals surface area contributed by atoms with Crippen LogP contribution >= 0.6 is 0 Å². The molecule has 0 saturated carbocycles. The molecule has 0 aliphatic heterocycles. The molecule has 0 saturated heterocycles. The van der Waals surface area contributed by atoms with Crippen LogP contribution in [0.15, 0.2) is 16.9 Å². The largest absolute Gasteiger partial charge is 0.365 e. The fourth-order valence-corrected chi connectivity index (χ4v) is 1.71. The summed E-state index contributed by atoms with van der Waals surface area (Å²) >= 11 is 0. The smallest absolute Gasteiger partial charge is 0.124 e. The summed E-state index contributed by atoms with van der Waals surface area (Å²) < 4.78 is 4.89. The highest BCUT2D eigenvalue weighted by atomic mass is 16.5. The highest BCUT2D eigenvalue weighted by Crippen LogP contribution is 2.37. The fourth-order valence-electron chi connectivity index (χ4n) is 1.71. The molecule has 0 N–H and O–H groups in total. The third-order valence-corrected chi connectivity index (χ3v) is 2.44. The van der Waals surface area contributed by atoms with Crippen LogP contribution in [0.4, 0.5) is 0 Å². The van der Waals surface area contributed by atoms with Crippen molar-refractivity contribution in [3.8, 4) is 0 Å². The normalized spacial score (nSPS) is 14.5. The Balaban J connectivity index is 2.81. The van der Waals surface area contributed by atoms with Crippen molar-refractivity contribution in [3.05, 3.63) is 18.0 Å². The van der Waals surface area contributed by atoms with Gasteiger partial charge in [-0.05, 0) is 11.8 Å². The van der Waals surface area contributed by atoms with Gasteiger partial charge in [-0.15, -0.1) is 0 Å². The molecule has 0 aliphatic rings. The van der Waals surface area contributed by atoms with Gasteiger partial charge in [-0.1, -0.05) is 39.3 Å². The standard InChI is InChI=1S/C11H19NO/c1-5-6-9(11(2,3)4)10-7-8-13-12-10/h7-9H,5-6H2,1-4H3. The van der Waals surface area contributed by atoms with Crippen LogP contribution in [0, 0.1) is 5.41 Å². The van der Waals surface area contributed by atoms with Crippen molar-refractivity contribution in [3.63, 3.8) is 0 Å². The first-order valence-electron chi connectivity index (χ1n) is 4.96. The Morgan fingerprint density at radius 3 is 2.54 bits per heavy atom. The van der Waals surface area contributed by atoms with Gasteiger partial charge >= 0.3 is 0 Å². The Morgan fingerprint density at radius 2 is 2.15 bits per heavy atom. The minimum atomic E-state index is 0.271. The molecule has 13 heavy (non-hydrogen) atoms. The van der Waals surface area contributed by atoms with E-state index >= 15 is 0 Å². The van der Waals surface area contributed by atoms with Crippen LogP contribution in [-0.4, -0.2) is 5.16 Å². The minimum absolute atomic E-state index is 0.271. The third kappa shape index (κ3) is 2.58. The Kier molecular flexibility index (Phi) is 3.12. The zero-order valence-corrected chi connectivity index (χ0v) is 9.00. The van der Waals surface area contributed by atoms with E-state index in [1.54, 1.807) is 6.26 Å². The second-order valence-electron chi connectivity index (χ2n) is 4.63. The number of aromatic nitrogens is 1. The van der Waals surface area contributed by atoms with Crippen LogP contribution in [0.5, 0.6) is 0 Å². The maximum atomic E-state index is 4.89. The lowest BCUT2D eigenvalue weighted by Gasteiger charge is -2.28. The Bertz CT molecular complexity index is 233. The van der Waals surface area contributed by atoms with Crippen molar-refractivity contribution in [2.75, 3.05) is 0 Å². The molecule has 2 heteroatoms. The second-order valence-corrected chi connectivity index (χ2v) is 4.63. The van der Waals surface area contributed by atoms with E-state index in [1.165, 1.54) is 12.8 Å². The summed E-state index contributed by atoms with van der Waals surface area (Å²) in [7, 11) is 0. The summed E-state index contributed by atoms with van der Waals surface area (Å²) in [5, 5.41) is 4.03. The summed E-state index contributed by atoms with van der Waals surface area (Å²) in [6.07, 6.45) is 4.02. The molecule has 1 atom stereocenters. The molecule has 0 amide bonds. The number of hydrogen-bond acceptors (Lipinski definition) is 2. The molecule has 1 unspecified atom stereocenters. The van der Waals surface area contributed by atoms with Crippen LogP contribution < -0.4 is 0 Å². The lowest BCUT2D eigenvalue weighted by molar-refractivity contribution is 0.285. The van der Waals surface area contributed by atoms with Gasteiger partial charge < -0.3 is 4.52 Å². The van der Waals surface area contributed by atoms with Gasteiger partial charge in [-0.2, -0.15) is 0 Å². The van der Waals surface area contributed by atoms with E-state index in [1.807, 2.05) is 6.07 Å². The Labute approximate surface area is 80.3 Å². The maximum Gasteiger partial charge on any atom is 0.124 e. The minimum Gasteiger partial charge on any atom is -0.365 e. The molecule has 0 fully saturated rings. The van der Waals surface area contributed by atoms with Crippen LogP contribution in [0.25, 0.3) is 0 Å². The van der Waals surface area contributed by atoms with Gasteiger partial charge in [-0.3, -0.25) is 0 Å². The average molecular weight is 181 g/mol. The summed E-state index contributed by atoms with van der Waals surface area (Å²) in [5.74, 6) is 0.510. The van der Waals surface area contributed by atoms with Crippen LogP contribution in [0.2, 0.25) is 0 Å². The van der Waals surface area contributed by atoms with Gasteiger partial charge in [0.05, 0.1) is 5.69 Å². The predicted octanol–water partition coefficient (Wildman–Crippen LogP) is 3.60. The quantitative estimate of drug-likeness (QED) is 0.712. The van der Waals surface area contributed by atoms with Crippen molar-refractivity contribution in [2.24, 2.45) is 5.41 Å². The maximum absolute atomic E-state index is 4.89. The topological polar surface area (TPSA) is 26.0 Å². The monoisotopic (exact) mass is 181 g/mol. The number of hydrogen-bond donors (Lipinski definition) is 0. The first kappa shape index (κ1) is 10.3. The molecule has 1 aromatic rings. The molecule has 0 radical (unpaired) electrons.